The molecule has 0 bridgehead atoms. The maximum atomic E-state index is 9.19. The van der Waals surface area contributed by atoms with Crippen LogP contribution in [0.25, 0.3) is 0 Å². The number of phenolic OH excluding ortho intramolecular Hbond substituents is 2. The Morgan fingerprint density at radius 1 is 1.42 bits per heavy atom. The van der Waals surface area contributed by atoms with Gasteiger partial charge in [-0.3, -0.25) is 0 Å². The number of nitriles is 1. The summed E-state index contributed by atoms with van der Waals surface area (Å²) in [5, 5.41) is 26.6. The average molecular weight is 164 g/mol. The Balaban J connectivity index is 3.15. The van der Waals surface area contributed by atoms with Crippen LogP contribution in [0.5, 0.6) is 11.5 Å². The third kappa shape index (κ3) is 1.47. The van der Waals surface area contributed by atoms with Gasteiger partial charge in [0.15, 0.2) is 0 Å². The van der Waals surface area contributed by atoms with E-state index in [1.165, 1.54) is 18.2 Å². The maximum absolute atomic E-state index is 9.19. The molecule has 12 heavy (non-hydrogen) atoms. The molecular weight excluding hydrogens is 156 g/mol. The molecule has 0 saturated heterocycles. The van der Waals surface area contributed by atoms with E-state index in [1.807, 2.05) is 0 Å². The first-order chi connectivity index (χ1) is 5.65. The quantitative estimate of drug-likeness (QED) is 0.531. The molecule has 1 atom stereocenters. The maximum Gasteiger partial charge on any atom is 0.122 e. The monoisotopic (exact) mass is 164 g/mol. The Bertz CT molecular complexity index is 330. The zero-order chi connectivity index (χ0) is 9.14. The van der Waals surface area contributed by atoms with Crippen LogP contribution in [0.4, 0.5) is 0 Å². The highest BCUT2D eigenvalue weighted by Crippen LogP contribution is 2.25. The SMILES string of the molecule is N#C[C@H](N)c1cc(O)ccc1O. The van der Waals surface area contributed by atoms with Crippen molar-refractivity contribution in [2.24, 2.45) is 5.73 Å². The predicted octanol–water partition coefficient (Wildman–Crippen LogP) is 0.621. The van der Waals surface area contributed by atoms with Crippen LogP contribution in [0.15, 0.2) is 18.2 Å². The van der Waals surface area contributed by atoms with Crippen molar-refractivity contribution in [3.8, 4) is 17.6 Å². The molecule has 1 rings (SSSR count). The highest BCUT2D eigenvalue weighted by atomic mass is 16.3. The van der Waals surface area contributed by atoms with Gasteiger partial charge in [-0.05, 0) is 18.2 Å². The normalized spacial score (nSPS) is 12.0. The summed E-state index contributed by atoms with van der Waals surface area (Å²) in [4.78, 5) is 0. The first-order valence-electron chi connectivity index (χ1n) is 3.32. The zero-order valence-corrected chi connectivity index (χ0v) is 6.23. The molecule has 0 aromatic heterocycles. The number of rotatable bonds is 1. The van der Waals surface area contributed by atoms with E-state index in [0.717, 1.165) is 0 Å². The molecule has 0 amide bonds. The van der Waals surface area contributed by atoms with Crippen molar-refractivity contribution >= 4 is 0 Å². The highest BCUT2D eigenvalue weighted by Gasteiger charge is 2.09. The van der Waals surface area contributed by atoms with Crippen molar-refractivity contribution in [1.82, 2.24) is 0 Å². The highest BCUT2D eigenvalue weighted by molar-refractivity contribution is 5.42. The van der Waals surface area contributed by atoms with Crippen LogP contribution in [-0.2, 0) is 0 Å². The number of phenols is 2. The Morgan fingerprint density at radius 2 is 2.08 bits per heavy atom. The van der Waals surface area contributed by atoms with Gasteiger partial charge in [0, 0.05) is 5.56 Å². The van der Waals surface area contributed by atoms with Gasteiger partial charge in [-0.1, -0.05) is 0 Å². The predicted molar refractivity (Wildman–Crippen MR) is 42.3 cm³/mol. The second-order valence-electron chi connectivity index (χ2n) is 2.35. The fourth-order valence-corrected chi connectivity index (χ4v) is 0.861. The zero-order valence-electron chi connectivity index (χ0n) is 6.23. The van der Waals surface area contributed by atoms with E-state index in [4.69, 9.17) is 16.1 Å². The third-order valence-corrected chi connectivity index (χ3v) is 1.49. The van der Waals surface area contributed by atoms with Crippen LogP contribution in [0.3, 0.4) is 0 Å². The summed E-state index contributed by atoms with van der Waals surface area (Å²) in [5.41, 5.74) is 5.57. The molecule has 4 N–H and O–H groups in total. The lowest BCUT2D eigenvalue weighted by Crippen LogP contribution is -2.06. The molecule has 0 radical (unpaired) electrons. The van der Waals surface area contributed by atoms with Crippen molar-refractivity contribution in [3.05, 3.63) is 23.8 Å². The van der Waals surface area contributed by atoms with Gasteiger partial charge in [0.25, 0.3) is 0 Å². The van der Waals surface area contributed by atoms with E-state index in [1.54, 1.807) is 6.07 Å². The lowest BCUT2D eigenvalue weighted by atomic mass is 10.1. The summed E-state index contributed by atoms with van der Waals surface area (Å²) < 4.78 is 0. The molecule has 0 saturated carbocycles. The average Bonchev–Trinajstić information content (AvgIpc) is 2.08. The van der Waals surface area contributed by atoms with Crippen molar-refractivity contribution in [2.75, 3.05) is 0 Å². The van der Waals surface area contributed by atoms with Gasteiger partial charge in [0.2, 0.25) is 0 Å². The van der Waals surface area contributed by atoms with Gasteiger partial charge in [-0.25, -0.2) is 0 Å². The summed E-state index contributed by atoms with van der Waals surface area (Å²) in [7, 11) is 0. The topological polar surface area (TPSA) is 90.3 Å². The van der Waals surface area contributed by atoms with E-state index in [9.17, 15) is 5.11 Å². The molecular formula is C8H8N2O2. The fourth-order valence-electron chi connectivity index (χ4n) is 0.861. The van der Waals surface area contributed by atoms with Crippen molar-refractivity contribution in [3.63, 3.8) is 0 Å². The van der Waals surface area contributed by atoms with E-state index < -0.39 is 6.04 Å². The smallest absolute Gasteiger partial charge is 0.122 e. The minimum absolute atomic E-state index is 0.0199. The molecule has 0 aliphatic rings. The van der Waals surface area contributed by atoms with Crippen LogP contribution < -0.4 is 5.73 Å². The number of hydrogen-bond acceptors (Lipinski definition) is 4. The fraction of sp³-hybridized carbons (Fsp3) is 0.125. The molecule has 0 fully saturated rings. The second-order valence-corrected chi connectivity index (χ2v) is 2.35. The molecule has 0 aliphatic carbocycles. The Morgan fingerprint density at radius 3 is 2.67 bits per heavy atom. The molecule has 1 aromatic rings. The first kappa shape index (κ1) is 8.37. The van der Waals surface area contributed by atoms with E-state index in [2.05, 4.69) is 0 Å². The minimum Gasteiger partial charge on any atom is -0.508 e. The minimum atomic E-state index is -0.905. The first-order valence-corrected chi connectivity index (χ1v) is 3.32. The summed E-state index contributed by atoms with van der Waals surface area (Å²) in [6.07, 6.45) is 0. The molecule has 4 heteroatoms. The molecule has 1 aromatic carbocycles. The number of hydrogen-bond donors (Lipinski definition) is 3. The molecule has 0 unspecified atom stereocenters. The van der Waals surface area contributed by atoms with Gasteiger partial charge < -0.3 is 15.9 Å². The van der Waals surface area contributed by atoms with Crippen LogP contribution in [0.1, 0.15) is 11.6 Å². The largest absolute Gasteiger partial charge is 0.508 e. The third-order valence-electron chi connectivity index (χ3n) is 1.49. The summed E-state index contributed by atoms with van der Waals surface area (Å²) in [5.74, 6) is -0.102. The van der Waals surface area contributed by atoms with Gasteiger partial charge in [0.1, 0.15) is 17.5 Å². The standard InChI is InChI=1S/C8H8N2O2/c9-4-7(10)6-3-5(11)1-2-8(6)12/h1-3,7,11-12H,10H2/t7-/m0/s1. The van der Waals surface area contributed by atoms with Gasteiger partial charge in [-0.2, -0.15) is 5.26 Å². The van der Waals surface area contributed by atoms with Gasteiger partial charge in [-0.15, -0.1) is 0 Å². The number of nitrogens with two attached hydrogens (primary N) is 1. The Labute approximate surface area is 69.5 Å². The lowest BCUT2D eigenvalue weighted by Gasteiger charge is -2.05. The van der Waals surface area contributed by atoms with Crippen molar-refractivity contribution < 1.29 is 10.2 Å². The van der Waals surface area contributed by atoms with E-state index in [-0.39, 0.29) is 17.1 Å². The molecule has 0 heterocycles. The number of aromatic hydroxyl groups is 2. The molecule has 0 spiro atoms. The van der Waals surface area contributed by atoms with Crippen LogP contribution in [0, 0.1) is 11.3 Å². The summed E-state index contributed by atoms with van der Waals surface area (Å²) in [6.45, 7) is 0. The van der Waals surface area contributed by atoms with Crippen LogP contribution >= 0.6 is 0 Å². The van der Waals surface area contributed by atoms with E-state index >= 15 is 0 Å². The van der Waals surface area contributed by atoms with Gasteiger partial charge >= 0.3 is 0 Å². The van der Waals surface area contributed by atoms with Crippen molar-refractivity contribution in [1.29, 1.82) is 5.26 Å². The molecule has 0 aliphatic heterocycles. The van der Waals surface area contributed by atoms with Crippen molar-refractivity contribution in [2.45, 2.75) is 6.04 Å². The van der Waals surface area contributed by atoms with E-state index in [0.29, 0.717) is 0 Å². The van der Waals surface area contributed by atoms with Gasteiger partial charge in [0.05, 0.1) is 6.07 Å². The second kappa shape index (κ2) is 3.11. The van der Waals surface area contributed by atoms with Crippen LogP contribution in [0.2, 0.25) is 0 Å². The number of nitrogens with zero attached hydrogens (tertiary/aromatic N) is 1. The Kier molecular flexibility index (Phi) is 2.17. The summed E-state index contributed by atoms with van der Waals surface area (Å²) >= 11 is 0. The Hall–Kier alpha value is -1.73. The lowest BCUT2D eigenvalue weighted by molar-refractivity contribution is 0.452. The van der Waals surface area contributed by atoms with Crippen LogP contribution in [-0.4, -0.2) is 10.2 Å². The molecule has 4 nitrogen and oxygen atoms in total. The molecule has 62 valence electrons. The number of benzene rings is 1. The summed E-state index contributed by atoms with van der Waals surface area (Å²) in [6, 6.07) is 4.73.